The van der Waals surface area contributed by atoms with Crippen LogP contribution >= 0.6 is 11.8 Å². The van der Waals surface area contributed by atoms with Gasteiger partial charge in [-0.1, -0.05) is 24.5 Å². The van der Waals surface area contributed by atoms with Crippen molar-refractivity contribution in [3.63, 3.8) is 0 Å². The Balaban J connectivity index is 2.05. The van der Waals surface area contributed by atoms with Crippen LogP contribution in [0.4, 0.5) is 0 Å². The number of nitrogens with one attached hydrogen (secondary N) is 1. The van der Waals surface area contributed by atoms with Crippen molar-refractivity contribution < 1.29 is 0 Å². The van der Waals surface area contributed by atoms with E-state index in [2.05, 4.69) is 42.1 Å². The smallest absolute Gasteiger partial charge is 0.0442 e. The number of likely N-dealkylation sites (N-methyl/N-ethyl adjacent to an activating group) is 2. The summed E-state index contributed by atoms with van der Waals surface area (Å²) in [5.41, 5.74) is 1.68. The van der Waals surface area contributed by atoms with Crippen molar-refractivity contribution in [1.82, 2.24) is 10.2 Å². The van der Waals surface area contributed by atoms with Crippen LogP contribution in [0.2, 0.25) is 0 Å². The average Bonchev–Trinajstić information content (AvgIpc) is 2.34. The van der Waals surface area contributed by atoms with Gasteiger partial charge in [0.1, 0.15) is 0 Å². The highest BCUT2D eigenvalue weighted by Crippen LogP contribution is 2.26. The molecule has 2 rings (SSSR count). The van der Waals surface area contributed by atoms with E-state index in [9.17, 15) is 0 Å². The molecule has 2 nitrogen and oxygen atoms in total. The maximum atomic E-state index is 3.60. The maximum Gasteiger partial charge on any atom is 0.0442 e. The van der Waals surface area contributed by atoms with E-state index in [0.717, 1.165) is 0 Å². The predicted octanol–water partition coefficient (Wildman–Crippen LogP) is 2.90. The number of allylic oxidation sites excluding steroid dienone is 1. The first-order valence-corrected chi connectivity index (χ1v) is 8.62. The molecular weight excluding hydrogens is 240 g/mol. The fourth-order valence-corrected chi connectivity index (χ4v) is 4.45. The zero-order valence-electron chi connectivity index (χ0n) is 12.0. The molecule has 1 aliphatic carbocycles. The van der Waals surface area contributed by atoms with Gasteiger partial charge in [-0.2, -0.15) is 11.8 Å². The molecule has 0 bridgehead atoms. The highest BCUT2D eigenvalue weighted by atomic mass is 32.2. The first kappa shape index (κ1) is 14.4. The summed E-state index contributed by atoms with van der Waals surface area (Å²) in [6, 6.07) is 1.25. The third-order valence-electron chi connectivity index (χ3n) is 4.36. The van der Waals surface area contributed by atoms with E-state index >= 15 is 0 Å². The Bertz CT molecular complexity index is 278. The van der Waals surface area contributed by atoms with Crippen LogP contribution in [0.15, 0.2) is 11.6 Å². The molecular formula is C15H28N2S. The molecule has 2 aliphatic rings. The Morgan fingerprint density at radius 2 is 2.17 bits per heavy atom. The Labute approximate surface area is 117 Å². The van der Waals surface area contributed by atoms with Gasteiger partial charge in [0.25, 0.3) is 0 Å². The summed E-state index contributed by atoms with van der Waals surface area (Å²) >= 11 is 2.11. The first-order valence-electron chi connectivity index (χ1n) is 7.47. The lowest BCUT2D eigenvalue weighted by Gasteiger charge is -2.39. The molecule has 1 N–H and O–H groups in total. The van der Waals surface area contributed by atoms with Crippen LogP contribution in [0, 0.1) is 0 Å². The quantitative estimate of drug-likeness (QED) is 0.792. The van der Waals surface area contributed by atoms with Crippen molar-refractivity contribution in [3.05, 3.63) is 11.6 Å². The summed E-state index contributed by atoms with van der Waals surface area (Å²) in [7, 11) is 4.43. The number of rotatable bonds is 3. The predicted molar refractivity (Wildman–Crippen MR) is 82.4 cm³/mol. The molecule has 2 atom stereocenters. The fraction of sp³-hybridized carbons (Fsp3) is 0.867. The molecule has 1 fully saturated rings. The molecule has 0 radical (unpaired) electrons. The van der Waals surface area contributed by atoms with Crippen LogP contribution in [0.25, 0.3) is 0 Å². The van der Waals surface area contributed by atoms with Gasteiger partial charge in [0.2, 0.25) is 0 Å². The molecule has 0 aromatic heterocycles. The van der Waals surface area contributed by atoms with Gasteiger partial charge in [-0.3, -0.25) is 4.90 Å². The molecule has 0 amide bonds. The van der Waals surface area contributed by atoms with E-state index in [0.29, 0.717) is 12.1 Å². The Morgan fingerprint density at radius 3 is 2.94 bits per heavy atom. The second-order valence-corrected chi connectivity index (χ2v) is 6.77. The summed E-state index contributed by atoms with van der Waals surface area (Å²) in [6.45, 7) is 1.24. The lowest BCUT2D eigenvalue weighted by Crippen LogP contribution is -2.52. The second kappa shape index (κ2) is 7.56. The van der Waals surface area contributed by atoms with Gasteiger partial charge >= 0.3 is 0 Å². The summed E-state index contributed by atoms with van der Waals surface area (Å²) in [5, 5.41) is 3.60. The largest absolute Gasteiger partial charge is 0.312 e. The summed E-state index contributed by atoms with van der Waals surface area (Å²) < 4.78 is 0. The van der Waals surface area contributed by atoms with E-state index in [-0.39, 0.29) is 0 Å². The molecule has 1 saturated heterocycles. The van der Waals surface area contributed by atoms with Gasteiger partial charge < -0.3 is 5.32 Å². The van der Waals surface area contributed by atoms with E-state index < -0.39 is 0 Å². The molecule has 104 valence electrons. The lowest BCUT2D eigenvalue weighted by atomic mass is 9.91. The van der Waals surface area contributed by atoms with Crippen LogP contribution < -0.4 is 5.32 Å². The van der Waals surface area contributed by atoms with Crippen LogP contribution in [-0.2, 0) is 0 Å². The van der Waals surface area contributed by atoms with Crippen molar-refractivity contribution in [2.24, 2.45) is 0 Å². The van der Waals surface area contributed by atoms with Gasteiger partial charge in [-0.25, -0.2) is 0 Å². The van der Waals surface area contributed by atoms with Gasteiger partial charge in [0.05, 0.1) is 0 Å². The highest BCUT2D eigenvalue weighted by Gasteiger charge is 2.29. The molecule has 3 heteroatoms. The fourth-order valence-electron chi connectivity index (χ4n) is 3.18. The van der Waals surface area contributed by atoms with Gasteiger partial charge in [-0.05, 0) is 39.8 Å². The maximum absolute atomic E-state index is 3.60. The van der Waals surface area contributed by atoms with Crippen molar-refractivity contribution in [2.45, 2.75) is 50.6 Å². The normalized spacial score (nSPS) is 29.2. The number of hydrogen-bond donors (Lipinski definition) is 1. The topological polar surface area (TPSA) is 15.3 Å². The van der Waals surface area contributed by atoms with E-state index in [1.165, 1.54) is 56.6 Å². The molecule has 2 unspecified atom stereocenters. The molecule has 18 heavy (non-hydrogen) atoms. The SMILES string of the molecule is CNC(C1=CCCCCCC1)C1CSCCN1C. The molecule has 0 saturated carbocycles. The van der Waals surface area contributed by atoms with Crippen molar-refractivity contribution in [2.75, 3.05) is 32.1 Å². The molecule has 0 aromatic carbocycles. The van der Waals surface area contributed by atoms with Crippen LogP contribution in [0.1, 0.15) is 38.5 Å². The van der Waals surface area contributed by atoms with Crippen LogP contribution in [0.3, 0.4) is 0 Å². The van der Waals surface area contributed by atoms with Gasteiger partial charge in [-0.15, -0.1) is 0 Å². The van der Waals surface area contributed by atoms with Crippen LogP contribution in [0.5, 0.6) is 0 Å². The average molecular weight is 268 g/mol. The summed E-state index contributed by atoms with van der Waals surface area (Å²) in [5.74, 6) is 2.57. The standard InChI is InChI=1S/C15H28N2S/c1-16-15(14-12-18-11-10-17(14)2)13-8-6-4-3-5-7-9-13/h8,14-16H,3-7,9-12H2,1-2H3. The Hall–Kier alpha value is 0.01000. The zero-order chi connectivity index (χ0) is 12.8. The third-order valence-corrected chi connectivity index (χ3v) is 5.41. The van der Waals surface area contributed by atoms with E-state index in [1.54, 1.807) is 5.57 Å². The number of hydrogen-bond acceptors (Lipinski definition) is 3. The molecule has 1 aliphatic heterocycles. The minimum atomic E-state index is 0.570. The van der Waals surface area contributed by atoms with Crippen molar-refractivity contribution >= 4 is 11.8 Å². The number of nitrogens with zero attached hydrogens (tertiary/aromatic N) is 1. The molecule has 1 heterocycles. The first-order chi connectivity index (χ1) is 8.83. The number of thioether (sulfide) groups is 1. The van der Waals surface area contributed by atoms with Crippen molar-refractivity contribution in [3.8, 4) is 0 Å². The Kier molecular flexibility index (Phi) is 6.06. The minimum absolute atomic E-state index is 0.570. The highest BCUT2D eigenvalue weighted by molar-refractivity contribution is 7.99. The van der Waals surface area contributed by atoms with E-state index in [4.69, 9.17) is 0 Å². The summed E-state index contributed by atoms with van der Waals surface area (Å²) in [4.78, 5) is 2.55. The van der Waals surface area contributed by atoms with Gasteiger partial charge in [0.15, 0.2) is 0 Å². The van der Waals surface area contributed by atoms with E-state index in [1.807, 2.05) is 0 Å². The molecule has 0 spiro atoms. The second-order valence-electron chi connectivity index (χ2n) is 5.62. The van der Waals surface area contributed by atoms with Gasteiger partial charge in [0, 0.05) is 30.1 Å². The summed E-state index contributed by atoms with van der Waals surface area (Å²) in [6.07, 6.45) is 10.7. The van der Waals surface area contributed by atoms with Crippen molar-refractivity contribution in [1.29, 1.82) is 0 Å². The molecule has 0 aromatic rings. The Morgan fingerprint density at radius 1 is 1.33 bits per heavy atom. The third kappa shape index (κ3) is 3.75. The minimum Gasteiger partial charge on any atom is -0.312 e. The lowest BCUT2D eigenvalue weighted by molar-refractivity contribution is 0.232. The monoisotopic (exact) mass is 268 g/mol. The van der Waals surface area contributed by atoms with Crippen LogP contribution in [-0.4, -0.2) is 49.1 Å². The zero-order valence-corrected chi connectivity index (χ0v) is 12.8.